The molecule has 8 heteroatoms. The van der Waals surface area contributed by atoms with Crippen LogP contribution in [0.2, 0.25) is 0 Å². The summed E-state index contributed by atoms with van der Waals surface area (Å²) in [7, 11) is 1.61. The van der Waals surface area contributed by atoms with E-state index in [1.54, 1.807) is 26.2 Å². The molecule has 0 saturated carbocycles. The molecule has 0 bridgehead atoms. The molecule has 0 saturated heterocycles. The highest BCUT2D eigenvalue weighted by molar-refractivity contribution is 5.89. The van der Waals surface area contributed by atoms with E-state index in [4.69, 9.17) is 9.47 Å². The van der Waals surface area contributed by atoms with Crippen LogP contribution in [0.3, 0.4) is 0 Å². The van der Waals surface area contributed by atoms with Crippen LogP contribution in [0, 0.1) is 17.0 Å². The molecule has 0 amide bonds. The SMILES string of the molecule is COCCOc1ccc2c(c1)Cc1c-2c(-c2cccc([N+](=O)[O-])c2C)n[nH]c1=O. The fourth-order valence-corrected chi connectivity index (χ4v) is 3.70. The molecule has 0 fully saturated rings. The molecule has 1 aliphatic carbocycles. The Balaban J connectivity index is 1.84. The van der Waals surface area contributed by atoms with Crippen molar-refractivity contribution in [1.82, 2.24) is 10.2 Å². The predicted molar refractivity (Wildman–Crippen MR) is 107 cm³/mol. The molecule has 0 spiro atoms. The lowest BCUT2D eigenvalue weighted by molar-refractivity contribution is -0.385. The summed E-state index contributed by atoms with van der Waals surface area (Å²) in [4.78, 5) is 23.4. The van der Waals surface area contributed by atoms with Gasteiger partial charge >= 0.3 is 0 Å². The lowest BCUT2D eigenvalue weighted by Crippen LogP contribution is -2.14. The lowest BCUT2D eigenvalue weighted by atomic mass is 9.96. The van der Waals surface area contributed by atoms with Gasteiger partial charge in [-0.25, -0.2) is 5.10 Å². The van der Waals surface area contributed by atoms with Gasteiger partial charge in [0.05, 0.1) is 17.2 Å². The highest BCUT2D eigenvalue weighted by Crippen LogP contribution is 2.43. The third-order valence-corrected chi connectivity index (χ3v) is 5.11. The Kier molecular flexibility index (Phi) is 4.85. The first kappa shape index (κ1) is 18.8. The lowest BCUT2D eigenvalue weighted by Gasteiger charge is -2.11. The summed E-state index contributed by atoms with van der Waals surface area (Å²) in [5.74, 6) is 0.700. The summed E-state index contributed by atoms with van der Waals surface area (Å²) in [6.07, 6.45) is 0.449. The van der Waals surface area contributed by atoms with Gasteiger partial charge in [-0.05, 0) is 30.2 Å². The van der Waals surface area contributed by atoms with Crippen molar-refractivity contribution in [2.75, 3.05) is 20.3 Å². The van der Waals surface area contributed by atoms with Gasteiger partial charge in [0.1, 0.15) is 12.4 Å². The smallest absolute Gasteiger partial charge is 0.272 e. The second-order valence-electron chi connectivity index (χ2n) is 6.80. The molecule has 148 valence electrons. The molecule has 0 aliphatic heterocycles. The van der Waals surface area contributed by atoms with Crippen molar-refractivity contribution in [3.63, 3.8) is 0 Å². The molecule has 1 aromatic heterocycles. The molecule has 0 radical (unpaired) electrons. The number of aromatic nitrogens is 2. The molecule has 8 nitrogen and oxygen atoms in total. The third-order valence-electron chi connectivity index (χ3n) is 5.11. The summed E-state index contributed by atoms with van der Waals surface area (Å²) < 4.78 is 10.7. The zero-order valence-corrected chi connectivity index (χ0v) is 16.0. The normalized spacial score (nSPS) is 11.8. The Morgan fingerprint density at radius 3 is 2.79 bits per heavy atom. The first-order valence-electron chi connectivity index (χ1n) is 9.12. The molecule has 1 aliphatic rings. The number of rotatable bonds is 6. The van der Waals surface area contributed by atoms with Crippen LogP contribution in [-0.2, 0) is 11.2 Å². The summed E-state index contributed by atoms with van der Waals surface area (Å²) in [6, 6.07) is 10.5. The first-order chi connectivity index (χ1) is 14.0. The molecule has 1 heterocycles. The molecule has 1 N–H and O–H groups in total. The number of methoxy groups -OCH3 is 1. The molecule has 2 aromatic carbocycles. The topological polar surface area (TPSA) is 107 Å². The number of H-pyrrole nitrogens is 1. The van der Waals surface area contributed by atoms with Crippen molar-refractivity contribution >= 4 is 5.69 Å². The molecular weight excluding hydrogens is 374 g/mol. The highest BCUT2D eigenvalue weighted by atomic mass is 16.6. The van der Waals surface area contributed by atoms with Crippen molar-refractivity contribution in [1.29, 1.82) is 0 Å². The number of benzene rings is 2. The largest absolute Gasteiger partial charge is 0.491 e. The van der Waals surface area contributed by atoms with Gasteiger partial charge in [-0.15, -0.1) is 0 Å². The van der Waals surface area contributed by atoms with E-state index in [0.717, 1.165) is 16.7 Å². The van der Waals surface area contributed by atoms with Gasteiger partial charge in [0.15, 0.2) is 0 Å². The van der Waals surface area contributed by atoms with Crippen molar-refractivity contribution in [3.05, 3.63) is 73.6 Å². The maximum Gasteiger partial charge on any atom is 0.272 e. The number of nitrogens with one attached hydrogen (secondary N) is 1. The fraction of sp³-hybridized carbons (Fsp3) is 0.238. The molecule has 29 heavy (non-hydrogen) atoms. The van der Waals surface area contributed by atoms with Gasteiger partial charge in [-0.1, -0.05) is 18.2 Å². The summed E-state index contributed by atoms with van der Waals surface area (Å²) in [5, 5.41) is 18.1. The maximum absolute atomic E-state index is 12.4. The van der Waals surface area contributed by atoms with Crippen LogP contribution in [0.4, 0.5) is 5.69 Å². The zero-order valence-electron chi connectivity index (χ0n) is 16.0. The number of nitrogens with zero attached hydrogens (tertiary/aromatic N) is 2. The van der Waals surface area contributed by atoms with Crippen molar-refractivity contribution in [2.24, 2.45) is 0 Å². The zero-order chi connectivity index (χ0) is 20.5. The molecule has 0 atom stereocenters. The number of nitro groups is 1. The number of hydrogen-bond donors (Lipinski definition) is 1. The minimum absolute atomic E-state index is 0.0179. The van der Waals surface area contributed by atoms with Gasteiger partial charge in [-0.3, -0.25) is 14.9 Å². The first-order valence-corrected chi connectivity index (χ1v) is 9.12. The Bertz CT molecular complexity index is 1170. The van der Waals surface area contributed by atoms with E-state index in [1.807, 2.05) is 18.2 Å². The standard InChI is InChI=1S/C21H19N3O5/c1-12-15(4-3-5-18(12)24(26)27)20-19-16-7-6-14(29-9-8-28-2)10-13(16)11-17(19)21(25)23-22-20/h3-7,10H,8-9,11H2,1-2H3,(H,23,25). The number of fused-ring (bicyclic) bond motifs is 3. The number of ether oxygens (including phenoxy) is 2. The Morgan fingerprint density at radius 2 is 2.03 bits per heavy atom. The highest BCUT2D eigenvalue weighted by Gasteiger charge is 2.28. The average Bonchev–Trinajstić information content (AvgIpc) is 3.09. The number of hydrogen-bond acceptors (Lipinski definition) is 6. The second-order valence-corrected chi connectivity index (χ2v) is 6.80. The van der Waals surface area contributed by atoms with Gasteiger partial charge in [0.25, 0.3) is 11.2 Å². The van der Waals surface area contributed by atoms with Crippen LogP contribution >= 0.6 is 0 Å². The van der Waals surface area contributed by atoms with E-state index in [1.165, 1.54) is 6.07 Å². The van der Waals surface area contributed by atoms with Crippen molar-refractivity contribution in [2.45, 2.75) is 13.3 Å². The summed E-state index contributed by atoms with van der Waals surface area (Å²) in [6.45, 7) is 2.61. The number of nitro benzene ring substituents is 1. The Hall–Kier alpha value is -3.52. The average molecular weight is 393 g/mol. The van der Waals surface area contributed by atoms with E-state index < -0.39 is 4.92 Å². The van der Waals surface area contributed by atoms with E-state index in [-0.39, 0.29) is 11.2 Å². The summed E-state index contributed by atoms with van der Waals surface area (Å²) in [5.41, 5.74) is 4.59. The third kappa shape index (κ3) is 3.27. The Labute approximate surface area is 166 Å². The summed E-state index contributed by atoms with van der Waals surface area (Å²) >= 11 is 0. The number of aromatic amines is 1. The van der Waals surface area contributed by atoms with Gasteiger partial charge < -0.3 is 9.47 Å². The van der Waals surface area contributed by atoms with E-state index >= 15 is 0 Å². The Morgan fingerprint density at radius 1 is 1.21 bits per heavy atom. The monoisotopic (exact) mass is 393 g/mol. The van der Waals surface area contributed by atoms with Gasteiger partial charge in [-0.2, -0.15) is 5.10 Å². The predicted octanol–water partition coefficient (Wildman–Crippen LogP) is 3.25. The van der Waals surface area contributed by atoms with Gasteiger partial charge in [0, 0.05) is 41.9 Å². The van der Waals surface area contributed by atoms with Crippen LogP contribution in [0.25, 0.3) is 22.4 Å². The quantitative estimate of drug-likeness (QED) is 0.306. The second kappa shape index (κ2) is 7.48. The van der Waals surface area contributed by atoms with E-state index in [0.29, 0.717) is 47.8 Å². The van der Waals surface area contributed by atoms with E-state index in [9.17, 15) is 14.9 Å². The maximum atomic E-state index is 12.4. The fourth-order valence-electron chi connectivity index (χ4n) is 3.70. The van der Waals surface area contributed by atoms with E-state index in [2.05, 4.69) is 10.2 Å². The molecule has 4 rings (SSSR count). The van der Waals surface area contributed by atoms with Crippen LogP contribution in [0.1, 0.15) is 16.7 Å². The van der Waals surface area contributed by atoms with Crippen LogP contribution in [0.5, 0.6) is 5.75 Å². The van der Waals surface area contributed by atoms with Crippen LogP contribution < -0.4 is 10.3 Å². The molecular formula is C21H19N3O5. The van der Waals surface area contributed by atoms with Crippen LogP contribution in [-0.4, -0.2) is 35.4 Å². The van der Waals surface area contributed by atoms with Crippen LogP contribution in [0.15, 0.2) is 41.2 Å². The minimum Gasteiger partial charge on any atom is -0.491 e. The van der Waals surface area contributed by atoms with Gasteiger partial charge in [0.2, 0.25) is 0 Å². The minimum atomic E-state index is -0.414. The van der Waals surface area contributed by atoms with Crippen molar-refractivity contribution in [3.8, 4) is 28.1 Å². The molecule has 0 unspecified atom stereocenters. The van der Waals surface area contributed by atoms with Crippen molar-refractivity contribution < 1.29 is 14.4 Å². The molecule has 3 aromatic rings.